The molecule has 240 valence electrons. The van der Waals surface area contributed by atoms with Crippen molar-refractivity contribution in [1.82, 2.24) is 19.5 Å². The predicted octanol–water partition coefficient (Wildman–Crippen LogP) is 3.45. The average molecular weight is 644 g/mol. The Morgan fingerprint density at radius 3 is 1.86 bits per heavy atom. The molecule has 42 heavy (non-hydrogen) atoms. The van der Waals surface area contributed by atoms with Crippen LogP contribution in [0.15, 0.2) is 12.7 Å². The number of nitrogens with zero attached hydrogens (tertiary/aromatic N) is 4. The standard InChI is InChI=1S/C19H30N5O10P.C3H8.O3S/c1-12(2)33-18(25)28-9-31-35(27,32-10-29-19(26)34-13(3)4)11-30-14(5)6-24-8-23-15-16(20)21-7-22-17(15)24;1-3-2;1-4(2)3/h7-8,12-14H,6,9-11H2,1-5H3,(H2,20,21,22);3H2,1-2H3;/t14-;;/m0../s1. The Hall–Kier alpha value is -3.38. The summed E-state index contributed by atoms with van der Waals surface area (Å²) in [5.41, 5.74) is 6.72. The molecular weight excluding hydrogens is 605 g/mol. The number of imidazole rings is 1. The molecule has 0 aliphatic rings. The van der Waals surface area contributed by atoms with E-state index in [0.717, 1.165) is 0 Å². The highest BCUT2D eigenvalue weighted by Crippen LogP contribution is 2.48. The van der Waals surface area contributed by atoms with Crippen LogP contribution in [0.1, 0.15) is 54.9 Å². The number of hydrogen-bond donors (Lipinski definition) is 1. The number of carbonyl (C=O) groups is 2. The van der Waals surface area contributed by atoms with Gasteiger partial charge in [-0.1, -0.05) is 20.3 Å². The SMILES string of the molecule is CC(C)OC(=O)OCOP(=O)(CO[C@@H](C)Cn1cnc2c(N)ncnc21)OCOC(=O)OC(C)C.CCC.O=S(=O)=O. The molecule has 0 unspecified atom stereocenters. The van der Waals surface area contributed by atoms with E-state index in [-0.39, 0.29) is 12.4 Å². The van der Waals surface area contributed by atoms with Crippen LogP contribution in [0.3, 0.4) is 0 Å². The van der Waals surface area contributed by atoms with E-state index in [1.807, 2.05) is 0 Å². The predicted molar refractivity (Wildman–Crippen MR) is 146 cm³/mol. The van der Waals surface area contributed by atoms with Gasteiger partial charge in [-0.15, -0.1) is 12.6 Å². The Bertz CT molecular complexity index is 1220. The Morgan fingerprint density at radius 2 is 1.40 bits per heavy atom. The summed E-state index contributed by atoms with van der Waals surface area (Å²) in [4.78, 5) is 35.2. The van der Waals surface area contributed by atoms with Gasteiger partial charge in [0.2, 0.25) is 13.6 Å². The van der Waals surface area contributed by atoms with Gasteiger partial charge in [-0.25, -0.2) is 24.5 Å². The van der Waals surface area contributed by atoms with Crippen LogP contribution < -0.4 is 5.73 Å². The lowest BCUT2D eigenvalue weighted by Gasteiger charge is -2.21. The lowest BCUT2D eigenvalue weighted by molar-refractivity contribution is -0.0369. The minimum atomic E-state index is -4.06. The van der Waals surface area contributed by atoms with E-state index in [1.54, 1.807) is 39.2 Å². The fourth-order valence-electron chi connectivity index (χ4n) is 2.45. The van der Waals surface area contributed by atoms with Crippen molar-refractivity contribution in [2.24, 2.45) is 0 Å². The van der Waals surface area contributed by atoms with Gasteiger partial charge in [0.05, 0.1) is 31.2 Å². The highest BCUT2D eigenvalue weighted by Gasteiger charge is 2.29. The summed E-state index contributed by atoms with van der Waals surface area (Å²) in [5, 5.41) is 0. The van der Waals surface area contributed by atoms with Gasteiger partial charge in [-0.2, -0.15) is 0 Å². The number of fused-ring (bicyclic) bond motifs is 1. The topological polar surface area (TPSA) is 237 Å². The molecule has 2 aromatic heterocycles. The molecule has 0 radical (unpaired) electrons. The second-order valence-electron chi connectivity index (χ2n) is 8.57. The third-order valence-corrected chi connectivity index (χ3v) is 5.38. The molecule has 2 aromatic rings. The first-order valence-corrected chi connectivity index (χ1v) is 15.2. The number of anilines is 1. The Morgan fingerprint density at radius 1 is 0.929 bits per heavy atom. The Kier molecular flexibility index (Phi) is 18.8. The van der Waals surface area contributed by atoms with Crippen LogP contribution in [0, 0.1) is 0 Å². The minimum Gasteiger partial charge on any atom is -0.432 e. The molecule has 0 amide bonds. The van der Waals surface area contributed by atoms with Crippen LogP contribution in [-0.4, -0.2) is 82.7 Å². The summed E-state index contributed by atoms with van der Waals surface area (Å²) in [6.45, 7) is 11.2. The summed E-state index contributed by atoms with van der Waals surface area (Å²) in [6, 6.07) is 0. The van der Waals surface area contributed by atoms with E-state index < -0.39 is 68.8 Å². The Labute approximate surface area is 244 Å². The van der Waals surface area contributed by atoms with Crippen molar-refractivity contribution >= 4 is 47.5 Å². The maximum absolute atomic E-state index is 13.1. The first-order valence-electron chi connectivity index (χ1n) is 12.5. The summed E-state index contributed by atoms with van der Waals surface area (Å²) in [7, 11) is -7.17. The third-order valence-electron chi connectivity index (χ3n) is 3.92. The molecule has 0 fully saturated rings. The second kappa shape index (κ2) is 20.5. The highest BCUT2D eigenvalue weighted by atomic mass is 32.2. The lowest BCUT2D eigenvalue weighted by Crippen LogP contribution is -2.20. The number of nitrogen functional groups attached to an aromatic ring is 1. The molecule has 2 rings (SSSR count). The van der Waals surface area contributed by atoms with Crippen molar-refractivity contribution < 1.29 is 59.5 Å². The molecule has 2 heterocycles. The van der Waals surface area contributed by atoms with E-state index in [4.69, 9.17) is 51.1 Å². The maximum atomic E-state index is 13.1. The molecule has 0 aliphatic heterocycles. The van der Waals surface area contributed by atoms with Crippen molar-refractivity contribution in [2.45, 2.75) is 79.7 Å². The highest BCUT2D eigenvalue weighted by molar-refractivity contribution is 7.59. The summed E-state index contributed by atoms with van der Waals surface area (Å²) < 4.78 is 75.0. The van der Waals surface area contributed by atoms with Gasteiger partial charge in [0, 0.05) is 0 Å². The maximum Gasteiger partial charge on any atom is 0.510 e. The molecule has 0 aromatic carbocycles. The second-order valence-corrected chi connectivity index (χ2v) is 11.0. The van der Waals surface area contributed by atoms with Crippen molar-refractivity contribution in [3.8, 4) is 0 Å². The van der Waals surface area contributed by atoms with Gasteiger partial charge in [0.1, 0.15) is 18.2 Å². The van der Waals surface area contributed by atoms with Gasteiger partial charge in [0.15, 0.2) is 11.5 Å². The van der Waals surface area contributed by atoms with Gasteiger partial charge < -0.3 is 34.0 Å². The fraction of sp³-hybridized carbons (Fsp3) is 0.682. The number of nitrogens with two attached hydrogens (primary N) is 1. The first-order chi connectivity index (χ1) is 19.6. The molecule has 0 saturated carbocycles. The molecule has 20 heteroatoms. The number of hydrogen-bond acceptors (Lipinski definition) is 17. The average Bonchev–Trinajstić information content (AvgIpc) is 3.26. The lowest BCUT2D eigenvalue weighted by atomic mass is 10.4. The molecule has 2 N–H and O–H groups in total. The summed E-state index contributed by atoms with van der Waals surface area (Å²) in [6.07, 6.45) is 0.115. The number of rotatable bonds is 13. The molecular formula is C22H38N5O13PS. The van der Waals surface area contributed by atoms with Gasteiger partial charge in [-0.3, -0.25) is 13.6 Å². The minimum absolute atomic E-state index is 0.237. The van der Waals surface area contributed by atoms with E-state index >= 15 is 0 Å². The van der Waals surface area contributed by atoms with Crippen molar-refractivity contribution in [2.75, 3.05) is 25.7 Å². The molecule has 0 spiro atoms. The number of carbonyl (C=O) groups excluding carboxylic acids is 2. The van der Waals surface area contributed by atoms with Crippen LogP contribution in [0.25, 0.3) is 11.2 Å². The molecule has 1 atom stereocenters. The van der Waals surface area contributed by atoms with E-state index in [1.165, 1.54) is 19.1 Å². The largest absolute Gasteiger partial charge is 0.510 e. The molecule has 0 aliphatic carbocycles. The van der Waals surface area contributed by atoms with Gasteiger partial charge in [0.25, 0.3) is 0 Å². The first kappa shape index (κ1) is 38.6. The Balaban J connectivity index is 0.00000216. The quantitative estimate of drug-likeness (QED) is 0.187. The number of ether oxygens (including phenoxy) is 5. The molecule has 0 bridgehead atoms. The number of aromatic nitrogens is 4. The van der Waals surface area contributed by atoms with Crippen LogP contribution in [0.4, 0.5) is 15.4 Å². The smallest absolute Gasteiger partial charge is 0.432 e. The summed E-state index contributed by atoms with van der Waals surface area (Å²) in [5.74, 6) is 0.237. The van der Waals surface area contributed by atoms with Gasteiger partial charge in [-0.05, 0) is 34.6 Å². The zero-order chi connectivity index (χ0) is 32.3. The van der Waals surface area contributed by atoms with Crippen molar-refractivity contribution in [3.63, 3.8) is 0 Å². The van der Waals surface area contributed by atoms with E-state index in [2.05, 4.69) is 28.8 Å². The molecule has 0 saturated heterocycles. The normalized spacial score (nSPS) is 11.5. The van der Waals surface area contributed by atoms with Gasteiger partial charge >= 0.3 is 30.5 Å². The van der Waals surface area contributed by atoms with Crippen molar-refractivity contribution in [1.29, 1.82) is 0 Å². The van der Waals surface area contributed by atoms with E-state index in [9.17, 15) is 14.2 Å². The third kappa shape index (κ3) is 17.4. The van der Waals surface area contributed by atoms with Crippen molar-refractivity contribution in [3.05, 3.63) is 12.7 Å². The van der Waals surface area contributed by atoms with Crippen LogP contribution in [0.5, 0.6) is 0 Å². The van der Waals surface area contributed by atoms with Crippen LogP contribution >= 0.6 is 7.60 Å². The fourth-order valence-corrected chi connectivity index (χ4v) is 3.54. The zero-order valence-corrected chi connectivity index (χ0v) is 26.2. The van der Waals surface area contributed by atoms with Crippen LogP contribution in [0.2, 0.25) is 0 Å². The van der Waals surface area contributed by atoms with Crippen LogP contribution in [-0.2, 0) is 54.5 Å². The monoisotopic (exact) mass is 643 g/mol. The zero-order valence-electron chi connectivity index (χ0n) is 24.5. The van der Waals surface area contributed by atoms with E-state index in [0.29, 0.717) is 11.2 Å². The molecule has 18 nitrogen and oxygen atoms in total. The summed E-state index contributed by atoms with van der Waals surface area (Å²) >= 11 is 0.